The van der Waals surface area contributed by atoms with E-state index in [0.29, 0.717) is 6.54 Å². The van der Waals surface area contributed by atoms with Crippen molar-refractivity contribution in [1.82, 2.24) is 20.0 Å². The molecule has 18 heavy (non-hydrogen) atoms. The fraction of sp³-hybridized carbons (Fsp3) is 0.667. The molecular formula is C12H23N5O. The Bertz CT molecular complexity index is 399. The number of amides is 1. The highest BCUT2D eigenvalue weighted by molar-refractivity contribution is 5.81. The van der Waals surface area contributed by atoms with E-state index in [1.54, 1.807) is 4.68 Å². The molecule has 3 N–H and O–H groups in total. The van der Waals surface area contributed by atoms with Crippen molar-refractivity contribution in [3.63, 3.8) is 0 Å². The number of primary amides is 1. The van der Waals surface area contributed by atoms with E-state index in [0.717, 1.165) is 24.2 Å². The monoisotopic (exact) mass is 253 g/mol. The maximum Gasteiger partial charge on any atom is 0.239 e. The second kappa shape index (κ2) is 6.51. The molecule has 1 unspecified atom stereocenters. The molecule has 102 valence electrons. The molecule has 0 saturated carbocycles. The number of aromatic nitrogens is 2. The quantitative estimate of drug-likeness (QED) is 0.697. The van der Waals surface area contributed by atoms with Gasteiger partial charge in [-0.15, -0.1) is 0 Å². The van der Waals surface area contributed by atoms with Crippen LogP contribution in [0.2, 0.25) is 0 Å². The number of nitrogens with two attached hydrogens (primary N) is 1. The van der Waals surface area contributed by atoms with Crippen LogP contribution in [0.3, 0.4) is 0 Å². The fourth-order valence-electron chi connectivity index (χ4n) is 1.87. The van der Waals surface area contributed by atoms with E-state index < -0.39 is 6.04 Å². The van der Waals surface area contributed by atoms with Crippen LogP contribution >= 0.6 is 0 Å². The normalized spacial score (nSPS) is 12.9. The molecule has 1 atom stereocenters. The molecule has 0 fully saturated rings. The lowest BCUT2D eigenvalue weighted by molar-refractivity contribution is -0.120. The molecule has 0 aliphatic carbocycles. The predicted molar refractivity (Wildman–Crippen MR) is 71.1 cm³/mol. The van der Waals surface area contributed by atoms with Gasteiger partial charge in [-0.3, -0.25) is 9.48 Å². The van der Waals surface area contributed by atoms with Crippen LogP contribution in [0, 0.1) is 0 Å². The Balaban J connectivity index is 2.80. The van der Waals surface area contributed by atoms with Crippen molar-refractivity contribution in [2.75, 3.05) is 27.2 Å². The van der Waals surface area contributed by atoms with Crippen molar-refractivity contribution >= 4 is 5.91 Å². The minimum atomic E-state index is -0.464. The molecule has 0 aliphatic heterocycles. The molecule has 0 aliphatic rings. The number of nitrogens with one attached hydrogen (secondary N) is 1. The van der Waals surface area contributed by atoms with Crippen LogP contribution in [0.15, 0.2) is 6.20 Å². The first-order chi connectivity index (χ1) is 8.45. The lowest BCUT2D eigenvalue weighted by Crippen LogP contribution is -2.37. The van der Waals surface area contributed by atoms with E-state index >= 15 is 0 Å². The van der Waals surface area contributed by atoms with Gasteiger partial charge in [0.25, 0.3) is 0 Å². The summed E-state index contributed by atoms with van der Waals surface area (Å²) in [5.74, 6) is -0.364. The summed E-state index contributed by atoms with van der Waals surface area (Å²) in [5.41, 5.74) is 7.26. The van der Waals surface area contributed by atoms with E-state index in [2.05, 4.69) is 15.3 Å². The number of carbonyl (C=O) groups is 1. The van der Waals surface area contributed by atoms with Crippen molar-refractivity contribution in [3.05, 3.63) is 17.5 Å². The fourth-order valence-corrected chi connectivity index (χ4v) is 1.87. The molecular weight excluding hydrogens is 230 g/mol. The lowest BCUT2D eigenvalue weighted by Gasteiger charge is -2.17. The van der Waals surface area contributed by atoms with Gasteiger partial charge in [-0.2, -0.15) is 5.10 Å². The summed E-state index contributed by atoms with van der Waals surface area (Å²) in [7, 11) is 5.82. The largest absolute Gasteiger partial charge is 0.368 e. The van der Waals surface area contributed by atoms with Crippen molar-refractivity contribution in [1.29, 1.82) is 0 Å². The standard InChI is InChI=1S/C12H23N5O/c1-5-10-9(8-17(4)15-10)11(12(13)18)14-6-7-16(2)3/h8,11,14H,5-7H2,1-4H3,(H2,13,18). The highest BCUT2D eigenvalue weighted by atomic mass is 16.1. The molecule has 1 rings (SSSR count). The molecule has 0 spiro atoms. The van der Waals surface area contributed by atoms with Crippen LogP contribution in [-0.4, -0.2) is 47.8 Å². The Morgan fingerprint density at radius 1 is 1.61 bits per heavy atom. The van der Waals surface area contributed by atoms with Gasteiger partial charge < -0.3 is 16.0 Å². The number of hydrogen-bond donors (Lipinski definition) is 2. The van der Waals surface area contributed by atoms with Crippen molar-refractivity contribution in [2.45, 2.75) is 19.4 Å². The van der Waals surface area contributed by atoms with Gasteiger partial charge in [-0.1, -0.05) is 6.92 Å². The van der Waals surface area contributed by atoms with Crippen LogP contribution < -0.4 is 11.1 Å². The smallest absolute Gasteiger partial charge is 0.239 e. The number of hydrogen-bond acceptors (Lipinski definition) is 4. The Kier molecular flexibility index (Phi) is 5.30. The van der Waals surface area contributed by atoms with Crippen LogP contribution in [0.25, 0.3) is 0 Å². The van der Waals surface area contributed by atoms with Gasteiger partial charge in [0.15, 0.2) is 0 Å². The highest BCUT2D eigenvalue weighted by Crippen LogP contribution is 2.17. The van der Waals surface area contributed by atoms with Crippen LogP contribution in [-0.2, 0) is 18.3 Å². The first-order valence-corrected chi connectivity index (χ1v) is 6.15. The van der Waals surface area contributed by atoms with Crippen LogP contribution in [0.5, 0.6) is 0 Å². The van der Waals surface area contributed by atoms with E-state index in [9.17, 15) is 4.79 Å². The Morgan fingerprint density at radius 2 is 2.28 bits per heavy atom. The molecule has 0 bridgehead atoms. The average molecular weight is 253 g/mol. The molecule has 0 aromatic carbocycles. The van der Waals surface area contributed by atoms with Crippen molar-refractivity contribution in [2.24, 2.45) is 12.8 Å². The lowest BCUT2D eigenvalue weighted by atomic mass is 10.1. The zero-order chi connectivity index (χ0) is 13.7. The summed E-state index contributed by atoms with van der Waals surface area (Å²) in [4.78, 5) is 13.6. The summed E-state index contributed by atoms with van der Waals surface area (Å²) in [6.07, 6.45) is 2.65. The molecule has 1 heterocycles. The molecule has 0 radical (unpaired) electrons. The van der Waals surface area contributed by atoms with Crippen molar-refractivity contribution < 1.29 is 4.79 Å². The van der Waals surface area contributed by atoms with Gasteiger partial charge in [0.05, 0.1) is 5.69 Å². The van der Waals surface area contributed by atoms with Crippen LogP contribution in [0.4, 0.5) is 0 Å². The highest BCUT2D eigenvalue weighted by Gasteiger charge is 2.22. The summed E-state index contributed by atoms with van der Waals surface area (Å²) in [6.45, 7) is 3.58. The second-order valence-electron chi connectivity index (χ2n) is 4.65. The number of rotatable bonds is 7. The maximum absolute atomic E-state index is 11.6. The first-order valence-electron chi connectivity index (χ1n) is 6.15. The van der Waals surface area contributed by atoms with Gasteiger partial charge in [-0.25, -0.2) is 0 Å². The van der Waals surface area contributed by atoms with E-state index in [1.165, 1.54) is 0 Å². The van der Waals surface area contributed by atoms with Gasteiger partial charge in [-0.05, 0) is 20.5 Å². The SMILES string of the molecule is CCc1nn(C)cc1C(NCCN(C)C)C(N)=O. The summed E-state index contributed by atoms with van der Waals surface area (Å²) < 4.78 is 1.72. The Labute approximate surface area is 108 Å². The predicted octanol–water partition coefficient (Wildman–Crippen LogP) is -0.340. The minimum Gasteiger partial charge on any atom is -0.368 e. The molecule has 6 heteroatoms. The minimum absolute atomic E-state index is 0.364. The second-order valence-corrected chi connectivity index (χ2v) is 4.65. The maximum atomic E-state index is 11.6. The summed E-state index contributed by atoms with van der Waals surface area (Å²) >= 11 is 0. The summed E-state index contributed by atoms with van der Waals surface area (Å²) in [5, 5.41) is 7.52. The number of carbonyl (C=O) groups excluding carboxylic acids is 1. The van der Waals surface area contributed by atoms with E-state index in [1.807, 2.05) is 34.3 Å². The molecule has 6 nitrogen and oxygen atoms in total. The number of likely N-dealkylation sites (N-methyl/N-ethyl adjacent to an activating group) is 1. The van der Waals surface area contributed by atoms with E-state index in [4.69, 9.17) is 5.73 Å². The van der Waals surface area contributed by atoms with E-state index in [-0.39, 0.29) is 5.91 Å². The average Bonchev–Trinajstić information content (AvgIpc) is 2.64. The molecule has 1 aromatic rings. The van der Waals surface area contributed by atoms with Gasteiger partial charge in [0, 0.05) is 31.9 Å². The molecule has 0 saturated heterocycles. The zero-order valence-corrected chi connectivity index (χ0v) is 11.6. The van der Waals surface area contributed by atoms with Gasteiger partial charge >= 0.3 is 0 Å². The number of nitrogens with zero attached hydrogens (tertiary/aromatic N) is 3. The van der Waals surface area contributed by atoms with Crippen molar-refractivity contribution in [3.8, 4) is 0 Å². The van der Waals surface area contributed by atoms with Gasteiger partial charge in [0.2, 0.25) is 5.91 Å². The Hall–Kier alpha value is -1.40. The third kappa shape index (κ3) is 3.82. The van der Waals surface area contributed by atoms with Crippen LogP contribution in [0.1, 0.15) is 24.2 Å². The topological polar surface area (TPSA) is 76.2 Å². The third-order valence-electron chi connectivity index (χ3n) is 2.78. The van der Waals surface area contributed by atoms with Gasteiger partial charge in [0.1, 0.15) is 6.04 Å². The first kappa shape index (κ1) is 14.7. The Morgan fingerprint density at radius 3 is 2.78 bits per heavy atom. The third-order valence-corrected chi connectivity index (χ3v) is 2.78. The zero-order valence-electron chi connectivity index (χ0n) is 11.6. The summed E-state index contributed by atoms with van der Waals surface area (Å²) in [6, 6.07) is -0.464. The molecule has 1 aromatic heterocycles. The number of aryl methyl sites for hydroxylation is 2. The molecule has 1 amide bonds.